The highest BCUT2D eigenvalue weighted by atomic mass is 32.2. The van der Waals surface area contributed by atoms with Crippen molar-refractivity contribution in [1.82, 2.24) is 0 Å². The summed E-state index contributed by atoms with van der Waals surface area (Å²) < 4.78 is 52.5. The van der Waals surface area contributed by atoms with Crippen LogP contribution in [0.1, 0.15) is 110 Å². The zero-order chi connectivity index (χ0) is 30.7. The molecule has 1 rings (SSSR count). The fourth-order valence-corrected chi connectivity index (χ4v) is 5.22. The molecule has 1 fully saturated rings. The van der Waals surface area contributed by atoms with Gasteiger partial charge in [0.05, 0.1) is 6.61 Å². The molecule has 0 amide bonds. The predicted molar refractivity (Wildman–Crippen MR) is 150 cm³/mol. The van der Waals surface area contributed by atoms with E-state index < -0.39 is 71.2 Å². The Morgan fingerprint density at radius 3 is 1.80 bits per heavy atom. The summed E-state index contributed by atoms with van der Waals surface area (Å²) in [6.07, 6.45) is 6.10. The zero-order valence-corrected chi connectivity index (χ0v) is 25.5. The zero-order valence-electron chi connectivity index (χ0n) is 24.7. The number of hydrogen-bond donors (Lipinski definition) is 4. The van der Waals surface area contributed by atoms with Crippen LogP contribution in [0.5, 0.6) is 0 Å². The van der Waals surface area contributed by atoms with Gasteiger partial charge in [-0.15, -0.1) is 0 Å². The van der Waals surface area contributed by atoms with E-state index in [9.17, 15) is 33.3 Å². The van der Waals surface area contributed by atoms with E-state index in [1.807, 2.05) is 0 Å². The number of unbranched alkanes of at least 4 members (excludes halogenated alkanes) is 12. The molecule has 6 atom stereocenters. The van der Waals surface area contributed by atoms with Crippen LogP contribution < -0.4 is 0 Å². The predicted octanol–water partition coefficient (Wildman–Crippen LogP) is 3.04. The maximum atomic E-state index is 12.2. The summed E-state index contributed by atoms with van der Waals surface area (Å²) in [5, 5.41) is 30.2. The molecule has 0 aliphatic carbocycles. The number of aliphatic hydroxyl groups excluding tert-OH is 3. The van der Waals surface area contributed by atoms with E-state index in [0.717, 1.165) is 19.3 Å². The molecule has 0 radical (unpaired) electrons. The fraction of sp³-hybridized carbons (Fsp3) is 0.929. The number of ether oxygens (including phenoxy) is 4. The van der Waals surface area contributed by atoms with Crippen LogP contribution in [0, 0.1) is 0 Å². The second-order valence-electron chi connectivity index (χ2n) is 10.7. The molecule has 1 saturated heterocycles. The standard InChI is InChI=1S/C28H52O12S/c1-3-5-6-7-8-9-10-11-12-13-14-15-16-17-24(30)37-18-21(39-23(29)4-2)19-38-28-27(33)26(32)25(31)22(40-28)20-41(34,35)36/h21-22,25-28,31-33H,3-20H2,1-2H3,(H,34,35,36)/t21-,22-,25-,26+,27-,28-/m1/s1. The molecule has 13 heteroatoms. The van der Waals surface area contributed by atoms with Crippen LogP contribution in [0.4, 0.5) is 0 Å². The average molecular weight is 613 g/mol. The number of carbonyl (C=O) groups is 2. The largest absolute Gasteiger partial charge is 0.462 e. The van der Waals surface area contributed by atoms with Gasteiger partial charge in [0.2, 0.25) is 0 Å². The van der Waals surface area contributed by atoms with Crippen molar-refractivity contribution in [2.75, 3.05) is 19.0 Å². The van der Waals surface area contributed by atoms with Gasteiger partial charge in [-0.25, -0.2) is 0 Å². The number of hydrogen-bond acceptors (Lipinski definition) is 11. The molecule has 41 heavy (non-hydrogen) atoms. The Bertz CT molecular complexity index is 821. The number of rotatable bonds is 23. The summed E-state index contributed by atoms with van der Waals surface area (Å²) in [4.78, 5) is 24.0. The molecule has 12 nitrogen and oxygen atoms in total. The summed E-state index contributed by atoms with van der Waals surface area (Å²) in [6.45, 7) is 3.07. The third-order valence-electron chi connectivity index (χ3n) is 6.99. The number of aliphatic hydroxyl groups is 3. The topological polar surface area (TPSA) is 186 Å². The second-order valence-corrected chi connectivity index (χ2v) is 12.2. The lowest BCUT2D eigenvalue weighted by Crippen LogP contribution is -2.60. The Hall–Kier alpha value is -1.35. The second kappa shape index (κ2) is 21.4. The van der Waals surface area contributed by atoms with Crippen LogP contribution in [0.3, 0.4) is 0 Å². The molecule has 242 valence electrons. The van der Waals surface area contributed by atoms with E-state index in [2.05, 4.69) is 6.92 Å². The Labute approximate surface area is 244 Å². The van der Waals surface area contributed by atoms with Crippen molar-refractivity contribution >= 4 is 22.1 Å². The van der Waals surface area contributed by atoms with Crippen molar-refractivity contribution in [2.45, 2.75) is 147 Å². The van der Waals surface area contributed by atoms with E-state index in [0.29, 0.717) is 6.42 Å². The third-order valence-corrected chi connectivity index (χ3v) is 7.74. The molecular weight excluding hydrogens is 560 g/mol. The molecule has 0 aromatic rings. The van der Waals surface area contributed by atoms with Crippen LogP contribution in [0.2, 0.25) is 0 Å². The van der Waals surface area contributed by atoms with Gasteiger partial charge in [0.1, 0.15) is 36.8 Å². The van der Waals surface area contributed by atoms with Crippen LogP contribution >= 0.6 is 0 Å². The third kappa shape index (κ3) is 17.4. The molecule has 0 aromatic carbocycles. The van der Waals surface area contributed by atoms with Gasteiger partial charge >= 0.3 is 11.9 Å². The molecule has 0 bridgehead atoms. The summed E-state index contributed by atoms with van der Waals surface area (Å²) in [7, 11) is -4.57. The van der Waals surface area contributed by atoms with E-state index in [4.69, 9.17) is 23.5 Å². The smallest absolute Gasteiger partial charge is 0.305 e. The van der Waals surface area contributed by atoms with Gasteiger partial charge in [-0.2, -0.15) is 8.42 Å². The summed E-state index contributed by atoms with van der Waals surface area (Å²) in [5.41, 5.74) is 0. The molecule has 0 spiro atoms. The van der Waals surface area contributed by atoms with Gasteiger partial charge in [-0.1, -0.05) is 90.9 Å². The molecular formula is C28H52O12S. The SMILES string of the molecule is CCCCCCCCCCCCCCCC(=O)OC[C@H](CO[C@@H]1O[C@H](CS(=O)(=O)O)[C@@H](O)[C@H](O)[C@H]1O)OC(=O)CC. The van der Waals surface area contributed by atoms with E-state index >= 15 is 0 Å². The normalized spacial score (nSPS) is 23.7. The average Bonchev–Trinajstić information content (AvgIpc) is 2.92. The summed E-state index contributed by atoms with van der Waals surface area (Å²) in [6, 6.07) is 0. The quantitative estimate of drug-likeness (QED) is 0.0752. The van der Waals surface area contributed by atoms with Crippen LogP contribution in [0.25, 0.3) is 0 Å². The van der Waals surface area contributed by atoms with Gasteiger partial charge in [0, 0.05) is 12.8 Å². The van der Waals surface area contributed by atoms with Crippen molar-refractivity contribution < 1.29 is 56.8 Å². The first kappa shape index (κ1) is 37.7. The Balaban J connectivity index is 2.34. The van der Waals surface area contributed by atoms with Crippen LogP contribution in [0.15, 0.2) is 0 Å². The monoisotopic (exact) mass is 612 g/mol. The Morgan fingerprint density at radius 1 is 0.756 bits per heavy atom. The van der Waals surface area contributed by atoms with Crippen molar-refractivity contribution in [3.05, 3.63) is 0 Å². The van der Waals surface area contributed by atoms with Crippen molar-refractivity contribution in [3.8, 4) is 0 Å². The van der Waals surface area contributed by atoms with Gasteiger partial charge in [0.15, 0.2) is 12.4 Å². The lowest BCUT2D eigenvalue weighted by molar-refractivity contribution is -0.297. The Kier molecular flexibility index (Phi) is 19.6. The van der Waals surface area contributed by atoms with Crippen molar-refractivity contribution in [2.24, 2.45) is 0 Å². The van der Waals surface area contributed by atoms with E-state index in [1.54, 1.807) is 6.92 Å². The minimum absolute atomic E-state index is 0.0489. The highest BCUT2D eigenvalue weighted by Crippen LogP contribution is 2.23. The van der Waals surface area contributed by atoms with Gasteiger partial charge < -0.3 is 34.3 Å². The molecule has 4 N–H and O–H groups in total. The molecule has 0 aromatic heterocycles. The van der Waals surface area contributed by atoms with Gasteiger partial charge in [-0.05, 0) is 6.42 Å². The number of esters is 2. The maximum absolute atomic E-state index is 12.2. The molecule has 1 aliphatic heterocycles. The van der Waals surface area contributed by atoms with Gasteiger partial charge in [-0.3, -0.25) is 14.1 Å². The lowest BCUT2D eigenvalue weighted by atomic mass is 10.00. The van der Waals surface area contributed by atoms with Gasteiger partial charge in [0.25, 0.3) is 10.1 Å². The first-order valence-corrected chi connectivity index (χ1v) is 16.7. The highest BCUT2D eigenvalue weighted by Gasteiger charge is 2.46. The lowest BCUT2D eigenvalue weighted by Gasteiger charge is -2.40. The summed E-state index contributed by atoms with van der Waals surface area (Å²) >= 11 is 0. The van der Waals surface area contributed by atoms with E-state index in [-0.39, 0.29) is 19.4 Å². The first-order chi connectivity index (χ1) is 19.5. The molecule has 0 unspecified atom stereocenters. The van der Waals surface area contributed by atoms with E-state index in [1.165, 1.54) is 57.8 Å². The number of carbonyl (C=O) groups excluding carboxylic acids is 2. The maximum Gasteiger partial charge on any atom is 0.305 e. The fourth-order valence-electron chi connectivity index (χ4n) is 4.53. The van der Waals surface area contributed by atoms with Crippen LogP contribution in [-0.4, -0.2) is 96.0 Å². The minimum atomic E-state index is -4.57. The van der Waals surface area contributed by atoms with Crippen molar-refractivity contribution in [1.29, 1.82) is 0 Å². The summed E-state index contributed by atoms with van der Waals surface area (Å²) in [5.74, 6) is -2.08. The minimum Gasteiger partial charge on any atom is -0.462 e. The highest BCUT2D eigenvalue weighted by molar-refractivity contribution is 7.85. The molecule has 1 heterocycles. The Morgan fingerprint density at radius 2 is 1.29 bits per heavy atom. The molecule has 1 aliphatic rings. The van der Waals surface area contributed by atoms with Crippen LogP contribution in [-0.2, 0) is 38.7 Å². The molecule has 0 saturated carbocycles. The first-order valence-electron chi connectivity index (χ1n) is 15.1. The van der Waals surface area contributed by atoms with Crippen molar-refractivity contribution in [3.63, 3.8) is 0 Å².